The van der Waals surface area contributed by atoms with Crippen molar-refractivity contribution in [3.8, 4) is 0 Å². The van der Waals surface area contributed by atoms with Gasteiger partial charge in [-0.15, -0.1) is 0 Å². The quantitative estimate of drug-likeness (QED) is 0.483. The van der Waals surface area contributed by atoms with Crippen molar-refractivity contribution in [2.75, 3.05) is 26.2 Å². The summed E-state index contributed by atoms with van der Waals surface area (Å²) in [5, 5.41) is 7.66. The summed E-state index contributed by atoms with van der Waals surface area (Å²) in [7, 11) is 0. The molecule has 2 aliphatic heterocycles. The van der Waals surface area contributed by atoms with E-state index in [1.54, 1.807) is 0 Å². The van der Waals surface area contributed by atoms with Gasteiger partial charge in [-0.3, -0.25) is 0 Å². The highest BCUT2D eigenvalue weighted by molar-refractivity contribution is 4.94. The van der Waals surface area contributed by atoms with Crippen molar-refractivity contribution in [3.05, 3.63) is 0 Å². The minimum absolute atomic E-state index is 0.696. The zero-order chi connectivity index (χ0) is 6.16. The Hall–Kier alpha value is -0.0800. The van der Waals surface area contributed by atoms with E-state index in [9.17, 15) is 0 Å². The third-order valence-corrected chi connectivity index (χ3v) is 2.60. The molecule has 2 nitrogen and oxygen atoms in total. The van der Waals surface area contributed by atoms with E-state index in [1.807, 2.05) is 0 Å². The minimum Gasteiger partial charge on any atom is -0.316 e. The van der Waals surface area contributed by atoms with Crippen LogP contribution in [0.3, 0.4) is 0 Å². The highest BCUT2D eigenvalue weighted by atomic mass is 15.0. The Morgan fingerprint density at radius 2 is 1.78 bits per heavy atom. The monoisotopic (exact) mass is 125 g/mol. The molecule has 2 aliphatic rings. The largest absolute Gasteiger partial charge is 0.316 e. The van der Waals surface area contributed by atoms with Crippen LogP contribution in [-0.2, 0) is 0 Å². The van der Waals surface area contributed by atoms with E-state index in [0.29, 0.717) is 5.41 Å². The maximum atomic E-state index is 4.33. The molecule has 0 unspecified atom stereocenters. The molecule has 1 spiro atoms. The number of piperidine rings is 1. The summed E-state index contributed by atoms with van der Waals surface area (Å²) in [6.07, 6.45) is 2.67. The van der Waals surface area contributed by atoms with Crippen molar-refractivity contribution in [1.29, 1.82) is 0 Å². The molecule has 1 N–H and O–H groups in total. The summed E-state index contributed by atoms with van der Waals surface area (Å²) >= 11 is 0. The van der Waals surface area contributed by atoms with Gasteiger partial charge >= 0.3 is 0 Å². The second-order valence-electron chi connectivity index (χ2n) is 3.27. The third-order valence-electron chi connectivity index (χ3n) is 2.60. The smallest absolute Gasteiger partial charge is 0.0139 e. The predicted octanol–water partition coefficient (Wildman–Crippen LogP) is -0.0258. The van der Waals surface area contributed by atoms with E-state index in [2.05, 4.69) is 10.6 Å². The Bertz CT molecular complexity index is 99.5. The lowest BCUT2D eigenvalue weighted by Crippen LogP contribution is -2.56. The van der Waals surface area contributed by atoms with E-state index in [1.165, 1.54) is 25.9 Å². The molecule has 0 bridgehead atoms. The third kappa shape index (κ3) is 0.864. The Kier molecular flexibility index (Phi) is 1.24. The van der Waals surface area contributed by atoms with E-state index < -0.39 is 0 Å². The van der Waals surface area contributed by atoms with E-state index >= 15 is 0 Å². The number of hydrogen-bond acceptors (Lipinski definition) is 1. The van der Waals surface area contributed by atoms with Gasteiger partial charge in [-0.2, -0.15) is 0 Å². The molecule has 51 valence electrons. The normalized spacial score (nSPS) is 32.0. The molecule has 0 aromatic rings. The van der Waals surface area contributed by atoms with Crippen molar-refractivity contribution in [1.82, 2.24) is 10.6 Å². The van der Waals surface area contributed by atoms with Crippen LogP contribution in [0.25, 0.3) is 0 Å². The predicted molar refractivity (Wildman–Crippen MR) is 36.4 cm³/mol. The molecule has 0 aromatic carbocycles. The zero-order valence-corrected chi connectivity index (χ0v) is 5.69. The minimum atomic E-state index is 0.696. The first-order chi connectivity index (χ1) is 4.41. The van der Waals surface area contributed by atoms with Crippen molar-refractivity contribution in [2.24, 2.45) is 5.41 Å². The number of nitrogens with zero attached hydrogens (tertiary/aromatic N) is 1. The lowest BCUT2D eigenvalue weighted by Gasteiger charge is -2.45. The molecule has 2 heterocycles. The molecular formula is C7H13N2. The second kappa shape index (κ2) is 1.96. The van der Waals surface area contributed by atoms with E-state index in [4.69, 9.17) is 0 Å². The summed E-state index contributed by atoms with van der Waals surface area (Å²) < 4.78 is 0. The molecule has 9 heavy (non-hydrogen) atoms. The van der Waals surface area contributed by atoms with Crippen LogP contribution in [0, 0.1) is 5.41 Å². The highest BCUT2D eigenvalue weighted by Crippen LogP contribution is 2.32. The lowest BCUT2D eigenvalue weighted by atomic mass is 9.74. The van der Waals surface area contributed by atoms with Crippen molar-refractivity contribution >= 4 is 0 Å². The average molecular weight is 125 g/mol. The van der Waals surface area contributed by atoms with Crippen LogP contribution < -0.4 is 10.6 Å². The summed E-state index contributed by atoms with van der Waals surface area (Å²) in [6.45, 7) is 4.73. The number of rotatable bonds is 0. The molecule has 0 amide bonds. The first kappa shape index (κ1) is 5.69. The summed E-state index contributed by atoms with van der Waals surface area (Å²) in [6, 6.07) is 0. The first-order valence-corrected chi connectivity index (χ1v) is 3.75. The van der Waals surface area contributed by atoms with Gasteiger partial charge in [0.15, 0.2) is 0 Å². The van der Waals surface area contributed by atoms with Gasteiger partial charge in [0.05, 0.1) is 0 Å². The van der Waals surface area contributed by atoms with Crippen molar-refractivity contribution in [2.45, 2.75) is 12.8 Å². The van der Waals surface area contributed by atoms with Crippen molar-refractivity contribution in [3.63, 3.8) is 0 Å². The number of nitrogens with one attached hydrogen (secondary N) is 1. The van der Waals surface area contributed by atoms with Crippen LogP contribution in [0.2, 0.25) is 0 Å². The van der Waals surface area contributed by atoms with Crippen LogP contribution >= 0.6 is 0 Å². The van der Waals surface area contributed by atoms with E-state index in [-0.39, 0.29) is 0 Å². The fraction of sp³-hybridized carbons (Fsp3) is 1.00. The van der Waals surface area contributed by atoms with Gasteiger partial charge in [-0.25, -0.2) is 5.32 Å². The molecule has 0 atom stereocenters. The Morgan fingerprint density at radius 3 is 2.11 bits per heavy atom. The molecule has 2 heteroatoms. The molecule has 1 radical (unpaired) electrons. The van der Waals surface area contributed by atoms with Crippen LogP contribution in [-0.4, -0.2) is 26.2 Å². The average Bonchev–Trinajstić information content (AvgIpc) is 1.87. The summed E-state index contributed by atoms with van der Waals surface area (Å²) in [4.78, 5) is 0. The fourth-order valence-corrected chi connectivity index (χ4v) is 1.70. The van der Waals surface area contributed by atoms with Crippen LogP contribution in [0.5, 0.6) is 0 Å². The van der Waals surface area contributed by atoms with Gasteiger partial charge in [0.25, 0.3) is 0 Å². The van der Waals surface area contributed by atoms with Crippen LogP contribution in [0.15, 0.2) is 0 Å². The second-order valence-corrected chi connectivity index (χ2v) is 3.27. The maximum absolute atomic E-state index is 4.33. The molecule has 0 saturated carbocycles. The molecule has 0 aliphatic carbocycles. The molecule has 2 fully saturated rings. The van der Waals surface area contributed by atoms with Crippen LogP contribution in [0.1, 0.15) is 12.8 Å². The fourth-order valence-electron chi connectivity index (χ4n) is 1.70. The topological polar surface area (TPSA) is 26.1 Å². The van der Waals surface area contributed by atoms with Gasteiger partial charge in [0, 0.05) is 26.2 Å². The standard InChI is InChI=1S/C7H13N2/c1-3-8-4-2-7(1)5-9-6-7/h9H,1-6H2. The molecule has 2 rings (SSSR count). The molecular weight excluding hydrogens is 112 g/mol. The summed E-state index contributed by atoms with van der Waals surface area (Å²) in [5.74, 6) is 0. The molecule has 2 saturated heterocycles. The van der Waals surface area contributed by atoms with E-state index in [0.717, 1.165) is 13.1 Å². The van der Waals surface area contributed by atoms with Crippen molar-refractivity contribution < 1.29 is 0 Å². The van der Waals surface area contributed by atoms with Gasteiger partial charge in [-0.05, 0) is 18.3 Å². The lowest BCUT2D eigenvalue weighted by molar-refractivity contribution is 0.115. The van der Waals surface area contributed by atoms with Gasteiger partial charge in [0.2, 0.25) is 0 Å². The van der Waals surface area contributed by atoms with Gasteiger partial charge in [0.1, 0.15) is 0 Å². The van der Waals surface area contributed by atoms with Crippen LogP contribution in [0.4, 0.5) is 0 Å². The number of hydrogen-bond donors (Lipinski definition) is 1. The maximum Gasteiger partial charge on any atom is 0.0139 e. The van der Waals surface area contributed by atoms with Gasteiger partial charge < -0.3 is 5.32 Å². The van der Waals surface area contributed by atoms with Gasteiger partial charge in [-0.1, -0.05) is 0 Å². The SMILES string of the molecule is C1CC2(CC[N]1)CNC2. The zero-order valence-electron chi connectivity index (χ0n) is 5.69. The summed E-state index contributed by atoms with van der Waals surface area (Å²) in [5.41, 5.74) is 0.696. The Morgan fingerprint density at radius 1 is 1.11 bits per heavy atom. The Balaban J connectivity index is 1.93. The molecule has 0 aromatic heterocycles. The highest BCUT2D eigenvalue weighted by Gasteiger charge is 2.37. The Labute approximate surface area is 56.0 Å². The first-order valence-electron chi connectivity index (χ1n) is 3.75.